The molecule has 1 heterocycles. The zero-order valence-electron chi connectivity index (χ0n) is 16.5. The molecule has 0 aromatic carbocycles. The van der Waals surface area contributed by atoms with Gasteiger partial charge in [0.05, 0.1) is 36.8 Å². The number of hydrogen-bond donors (Lipinski definition) is 2. The van der Waals surface area contributed by atoms with Crippen molar-refractivity contribution in [1.29, 1.82) is 0 Å². The van der Waals surface area contributed by atoms with Gasteiger partial charge in [-0.2, -0.15) is 0 Å². The Morgan fingerprint density at radius 1 is 1.30 bits per heavy atom. The average molecular weight is 377 g/mol. The third-order valence-corrected chi connectivity index (χ3v) is 4.99. The van der Waals surface area contributed by atoms with Gasteiger partial charge in [0.25, 0.3) is 6.02 Å². The smallest absolute Gasteiger partial charge is 0.290 e. The molecule has 1 fully saturated rings. The van der Waals surface area contributed by atoms with Crippen molar-refractivity contribution in [3.63, 3.8) is 0 Å². The van der Waals surface area contributed by atoms with Gasteiger partial charge in [0.15, 0.2) is 0 Å². The number of carbonyl (C=O) groups excluding carboxylic acids is 1. The first-order valence-corrected chi connectivity index (χ1v) is 9.97. The van der Waals surface area contributed by atoms with Crippen LogP contribution in [0, 0.1) is 0 Å². The Balaban J connectivity index is 1.38. The van der Waals surface area contributed by atoms with Crippen molar-refractivity contribution in [2.45, 2.75) is 77.2 Å². The van der Waals surface area contributed by atoms with Gasteiger partial charge in [-0.3, -0.25) is 4.79 Å². The molecule has 1 unspecified atom stereocenters. The molecular formula is C20H31N3O4. The number of fused-ring (bicyclic) bond motifs is 1. The molecule has 1 aliphatic heterocycles. The van der Waals surface area contributed by atoms with Crippen molar-refractivity contribution in [2.75, 3.05) is 13.2 Å². The van der Waals surface area contributed by atoms with Crippen LogP contribution in [0.2, 0.25) is 0 Å². The summed E-state index contributed by atoms with van der Waals surface area (Å²) in [7, 11) is 0. The summed E-state index contributed by atoms with van der Waals surface area (Å²) in [6, 6.07) is 0.822. The molecule has 0 aromatic heterocycles. The van der Waals surface area contributed by atoms with Gasteiger partial charge >= 0.3 is 0 Å². The highest BCUT2D eigenvalue weighted by molar-refractivity contribution is 5.79. The summed E-state index contributed by atoms with van der Waals surface area (Å²) in [4.78, 5) is 15.6. The lowest BCUT2D eigenvalue weighted by molar-refractivity contribution is -0.120. The molecule has 3 aliphatic rings. The number of rotatable bonds is 7. The topological polar surface area (TPSA) is 81.2 Å². The Kier molecular flexibility index (Phi) is 6.77. The van der Waals surface area contributed by atoms with Crippen LogP contribution in [0.15, 0.2) is 28.6 Å². The minimum Gasteiger partial charge on any atom is -0.498 e. The summed E-state index contributed by atoms with van der Waals surface area (Å²) in [6.45, 7) is 6.71. The lowest BCUT2D eigenvalue weighted by atomic mass is 9.95. The summed E-state index contributed by atoms with van der Waals surface area (Å²) in [5.74, 6) is 0.966. The SMILES string of the molecule is CCOC1=CC=C2N=C(O[C@H]3CC[C@H](OC[C@H](C)NC(C)=O)CC3)NC2C1. The van der Waals surface area contributed by atoms with E-state index in [1.807, 2.05) is 26.0 Å². The summed E-state index contributed by atoms with van der Waals surface area (Å²) in [5, 5.41) is 6.21. The highest BCUT2D eigenvalue weighted by Crippen LogP contribution is 2.27. The minimum absolute atomic E-state index is 0.0210. The molecule has 150 valence electrons. The summed E-state index contributed by atoms with van der Waals surface area (Å²) in [5.41, 5.74) is 1.01. The molecule has 0 bridgehead atoms. The Hall–Kier alpha value is -2.02. The molecule has 7 nitrogen and oxygen atoms in total. The largest absolute Gasteiger partial charge is 0.498 e. The van der Waals surface area contributed by atoms with Crippen LogP contribution < -0.4 is 10.6 Å². The number of nitrogens with one attached hydrogen (secondary N) is 2. The molecule has 1 amide bonds. The van der Waals surface area contributed by atoms with Gasteiger partial charge in [0.2, 0.25) is 5.91 Å². The normalized spacial score (nSPS) is 28.1. The molecule has 0 saturated heterocycles. The first kappa shape index (κ1) is 19.7. The molecule has 1 saturated carbocycles. The zero-order chi connectivity index (χ0) is 19.2. The van der Waals surface area contributed by atoms with Gasteiger partial charge < -0.3 is 24.8 Å². The molecule has 2 aliphatic carbocycles. The van der Waals surface area contributed by atoms with Crippen LogP contribution in [0.4, 0.5) is 0 Å². The fourth-order valence-corrected chi connectivity index (χ4v) is 3.70. The van der Waals surface area contributed by atoms with Gasteiger partial charge in [-0.15, -0.1) is 0 Å². The Labute approximate surface area is 161 Å². The van der Waals surface area contributed by atoms with Crippen molar-refractivity contribution in [3.05, 3.63) is 23.6 Å². The fraction of sp³-hybridized carbons (Fsp3) is 0.700. The van der Waals surface area contributed by atoms with Gasteiger partial charge in [0, 0.05) is 19.4 Å². The molecule has 0 aromatic rings. The van der Waals surface area contributed by atoms with Gasteiger partial charge in [-0.1, -0.05) is 0 Å². The van der Waals surface area contributed by atoms with Crippen molar-refractivity contribution in [3.8, 4) is 0 Å². The van der Waals surface area contributed by atoms with Crippen molar-refractivity contribution >= 4 is 11.9 Å². The van der Waals surface area contributed by atoms with Crippen LogP contribution in [0.25, 0.3) is 0 Å². The molecule has 27 heavy (non-hydrogen) atoms. The van der Waals surface area contributed by atoms with Crippen LogP contribution in [0.1, 0.15) is 52.9 Å². The van der Waals surface area contributed by atoms with Gasteiger partial charge in [-0.05, 0) is 51.7 Å². The van der Waals surface area contributed by atoms with Crippen LogP contribution >= 0.6 is 0 Å². The number of nitrogens with zero attached hydrogens (tertiary/aromatic N) is 1. The number of allylic oxidation sites excluding steroid dienone is 2. The van der Waals surface area contributed by atoms with E-state index in [0.29, 0.717) is 19.2 Å². The highest BCUT2D eigenvalue weighted by atomic mass is 16.5. The second-order valence-electron chi connectivity index (χ2n) is 7.43. The van der Waals surface area contributed by atoms with E-state index in [0.717, 1.165) is 43.6 Å². The van der Waals surface area contributed by atoms with E-state index in [2.05, 4.69) is 15.6 Å². The first-order chi connectivity index (χ1) is 13.0. The standard InChI is InChI=1S/C20H31N3O4/c1-4-25-17-9-10-18-19(11-17)23-20(22-18)27-16-7-5-15(6-8-16)26-12-13(2)21-14(3)24/h9-10,13,15-16,19H,4-8,11-12H2,1-3H3,(H,21,24)(H,22,23)/t13-,15-,16-,19?/m0/s1. The Morgan fingerprint density at radius 2 is 2.04 bits per heavy atom. The molecule has 3 rings (SSSR count). The third-order valence-electron chi connectivity index (χ3n) is 4.99. The summed E-state index contributed by atoms with van der Waals surface area (Å²) >= 11 is 0. The highest BCUT2D eigenvalue weighted by Gasteiger charge is 2.30. The number of amidine groups is 1. The Morgan fingerprint density at radius 3 is 2.74 bits per heavy atom. The maximum absolute atomic E-state index is 11.0. The first-order valence-electron chi connectivity index (χ1n) is 9.97. The molecule has 7 heteroatoms. The Bertz CT molecular complexity index is 621. The van der Waals surface area contributed by atoms with Crippen LogP contribution in [0.5, 0.6) is 0 Å². The van der Waals surface area contributed by atoms with E-state index in [-0.39, 0.29) is 30.2 Å². The molecule has 0 radical (unpaired) electrons. The summed E-state index contributed by atoms with van der Waals surface area (Å²) < 4.78 is 17.6. The maximum Gasteiger partial charge on any atom is 0.290 e. The number of carbonyl (C=O) groups is 1. The van der Waals surface area contributed by atoms with Crippen molar-refractivity contribution < 1.29 is 19.0 Å². The van der Waals surface area contributed by atoms with Crippen molar-refractivity contribution in [1.82, 2.24) is 10.6 Å². The number of aliphatic imine (C=N–C) groups is 1. The van der Waals surface area contributed by atoms with Gasteiger partial charge in [-0.25, -0.2) is 4.99 Å². The lowest BCUT2D eigenvalue weighted by Gasteiger charge is -2.29. The van der Waals surface area contributed by atoms with Crippen molar-refractivity contribution in [2.24, 2.45) is 4.99 Å². The predicted octanol–water partition coefficient (Wildman–Crippen LogP) is 2.39. The molecule has 2 N–H and O–H groups in total. The average Bonchev–Trinajstić information content (AvgIpc) is 3.02. The molecular weight excluding hydrogens is 346 g/mol. The van der Waals surface area contributed by atoms with E-state index in [1.54, 1.807) is 0 Å². The third kappa shape index (κ3) is 5.73. The second-order valence-corrected chi connectivity index (χ2v) is 7.43. The van der Waals surface area contributed by atoms with E-state index >= 15 is 0 Å². The van der Waals surface area contributed by atoms with E-state index in [4.69, 9.17) is 14.2 Å². The second kappa shape index (κ2) is 9.26. The monoisotopic (exact) mass is 377 g/mol. The van der Waals surface area contributed by atoms with Crippen LogP contribution in [-0.4, -0.2) is 49.4 Å². The quantitative estimate of drug-likeness (QED) is 0.712. The maximum atomic E-state index is 11.0. The van der Waals surface area contributed by atoms with Gasteiger partial charge in [0.1, 0.15) is 6.10 Å². The van der Waals surface area contributed by atoms with E-state index < -0.39 is 0 Å². The number of hydrogen-bond acceptors (Lipinski definition) is 6. The minimum atomic E-state index is -0.0210. The number of ether oxygens (including phenoxy) is 3. The van der Waals surface area contributed by atoms with E-state index in [9.17, 15) is 4.79 Å². The summed E-state index contributed by atoms with van der Waals surface area (Å²) in [6.07, 6.45) is 9.05. The zero-order valence-corrected chi connectivity index (χ0v) is 16.5. The van der Waals surface area contributed by atoms with Crippen LogP contribution in [-0.2, 0) is 19.0 Å². The molecule has 2 atom stereocenters. The predicted molar refractivity (Wildman–Crippen MR) is 103 cm³/mol. The van der Waals surface area contributed by atoms with Crippen LogP contribution in [0.3, 0.4) is 0 Å². The lowest BCUT2D eigenvalue weighted by Crippen LogP contribution is -2.38. The molecule has 0 spiro atoms. The fourth-order valence-electron chi connectivity index (χ4n) is 3.70. The number of amides is 1. The van der Waals surface area contributed by atoms with E-state index in [1.165, 1.54) is 6.92 Å².